The third-order valence-corrected chi connectivity index (χ3v) is 6.92. The van der Waals surface area contributed by atoms with Crippen molar-refractivity contribution in [3.8, 4) is 23.0 Å². The van der Waals surface area contributed by atoms with E-state index in [9.17, 15) is 9.59 Å². The number of methoxy groups -OCH3 is 3. The molecule has 3 aromatic rings. The Hall–Kier alpha value is -3.95. The third kappa shape index (κ3) is 6.52. The number of carbonyl (C=O) groups is 2. The first-order valence-electron chi connectivity index (χ1n) is 13.3. The second-order valence-electron chi connectivity index (χ2n) is 9.13. The number of hydrogen-bond donors (Lipinski definition) is 0. The van der Waals surface area contributed by atoms with Crippen LogP contribution >= 0.6 is 11.6 Å². The number of nitrogens with zero attached hydrogens (tertiary/aromatic N) is 1. The molecule has 41 heavy (non-hydrogen) atoms. The van der Waals surface area contributed by atoms with Gasteiger partial charge in [-0.05, 0) is 50.2 Å². The highest BCUT2D eigenvalue weighted by molar-refractivity contribution is 6.30. The normalized spacial score (nSPS) is 16.4. The number of rotatable bonds is 11. The van der Waals surface area contributed by atoms with E-state index in [1.54, 1.807) is 69.6 Å². The van der Waals surface area contributed by atoms with E-state index in [0.717, 1.165) is 5.56 Å². The molecule has 0 aromatic heterocycles. The summed E-state index contributed by atoms with van der Waals surface area (Å²) in [7, 11) is 4.66. The molecule has 1 aliphatic heterocycles. The molecule has 10 heteroatoms. The van der Waals surface area contributed by atoms with Crippen LogP contribution in [0.4, 0.5) is 5.69 Å². The monoisotopic (exact) mass is 583 g/mol. The minimum Gasteiger partial charge on any atom is -0.497 e. The molecule has 0 bridgehead atoms. The summed E-state index contributed by atoms with van der Waals surface area (Å²) in [6.45, 7) is 4.32. The van der Waals surface area contributed by atoms with Crippen LogP contribution in [-0.2, 0) is 25.6 Å². The van der Waals surface area contributed by atoms with Gasteiger partial charge in [-0.3, -0.25) is 9.59 Å². The Bertz CT molecular complexity index is 1390. The maximum atomic E-state index is 14.2. The van der Waals surface area contributed by atoms with E-state index >= 15 is 0 Å². The van der Waals surface area contributed by atoms with Gasteiger partial charge in [0.2, 0.25) is 0 Å². The summed E-state index contributed by atoms with van der Waals surface area (Å²) in [4.78, 5) is 28.4. The second-order valence-corrected chi connectivity index (χ2v) is 9.57. The highest BCUT2D eigenvalue weighted by atomic mass is 35.5. The topological polar surface area (TPSA) is 92.8 Å². The Morgan fingerprint density at radius 3 is 2.41 bits per heavy atom. The van der Waals surface area contributed by atoms with E-state index in [0.29, 0.717) is 51.4 Å². The van der Waals surface area contributed by atoms with Crippen LogP contribution in [0.3, 0.4) is 0 Å². The molecule has 0 saturated heterocycles. The van der Waals surface area contributed by atoms with Gasteiger partial charge in [-0.25, -0.2) is 0 Å². The fourth-order valence-electron chi connectivity index (χ4n) is 4.86. The number of para-hydroxylation sites is 1. The van der Waals surface area contributed by atoms with E-state index in [2.05, 4.69) is 0 Å². The fraction of sp³-hybridized carbons (Fsp3) is 0.355. The highest BCUT2D eigenvalue weighted by Crippen LogP contribution is 2.46. The Labute approximate surface area is 244 Å². The molecule has 0 spiro atoms. The summed E-state index contributed by atoms with van der Waals surface area (Å²) < 4.78 is 34.2. The fourth-order valence-corrected chi connectivity index (χ4v) is 5.04. The zero-order chi connectivity index (χ0) is 29.5. The Kier molecular flexibility index (Phi) is 9.96. The van der Waals surface area contributed by atoms with E-state index in [1.165, 1.54) is 0 Å². The Morgan fingerprint density at radius 2 is 1.73 bits per heavy atom. The van der Waals surface area contributed by atoms with E-state index in [-0.39, 0.29) is 19.6 Å². The molecule has 0 radical (unpaired) electrons. The third-order valence-electron chi connectivity index (χ3n) is 6.68. The smallest absolute Gasteiger partial charge is 0.308 e. The maximum Gasteiger partial charge on any atom is 0.308 e. The number of benzene rings is 3. The van der Waals surface area contributed by atoms with Gasteiger partial charge in [0.1, 0.15) is 23.7 Å². The van der Waals surface area contributed by atoms with Crippen molar-refractivity contribution in [2.24, 2.45) is 0 Å². The molecule has 2 unspecified atom stereocenters. The van der Waals surface area contributed by atoms with Crippen molar-refractivity contribution in [2.45, 2.75) is 39.0 Å². The van der Waals surface area contributed by atoms with Crippen LogP contribution < -0.4 is 23.8 Å². The van der Waals surface area contributed by atoms with Gasteiger partial charge in [-0.2, -0.15) is 0 Å². The molecule has 2 atom stereocenters. The van der Waals surface area contributed by atoms with Crippen molar-refractivity contribution in [3.05, 3.63) is 76.3 Å². The number of ether oxygens (including phenoxy) is 6. The summed E-state index contributed by atoms with van der Waals surface area (Å²) in [5.74, 6) is 1.18. The van der Waals surface area contributed by atoms with Crippen molar-refractivity contribution >= 4 is 29.2 Å². The molecule has 218 valence electrons. The van der Waals surface area contributed by atoms with Crippen molar-refractivity contribution in [1.82, 2.24) is 0 Å². The van der Waals surface area contributed by atoms with Gasteiger partial charge in [0.25, 0.3) is 5.91 Å². The maximum absolute atomic E-state index is 14.2. The molecule has 3 aromatic carbocycles. The predicted octanol–water partition coefficient (Wildman–Crippen LogP) is 5.74. The average molecular weight is 584 g/mol. The SMILES string of the molecule is CCOC(=O)CC1OC(c2cccc(OCC)c2OC)c2cc(Cl)ccc2N(Cc2ccc(OC)cc2OC)C1=O. The zero-order valence-electron chi connectivity index (χ0n) is 23.8. The molecular formula is C31H34ClNO8. The van der Waals surface area contributed by atoms with Gasteiger partial charge in [0, 0.05) is 27.8 Å². The van der Waals surface area contributed by atoms with E-state index < -0.39 is 24.1 Å². The first-order chi connectivity index (χ1) is 19.8. The lowest BCUT2D eigenvalue weighted by molar-refractivity contribution is -0.151. The molecule has 1 heterocycles. The summed E-state index contributed by atoms with van der Waals surface area (Å²) in [5.41, 5.74) is 2.54. The van der Waals surface area contributed by atoms with Crippen molar-refractivity contribution in [1.29, 1.82) is 0 Å². The lowest BCUT2D eigenvalue weighted by Crippen LogP contribution is -2.40. The van der Waals surface area contributed by atoms with Crippen LogP contribution in [0, 0.1) is 0 Å². The average Bonchev–Trinajstić information content (AvgIpc) is 3.07. The van der Waals surface area contributed by atoms with Crippen LogP contribution in [0.15, 0.2) is 54.6 Å². The summed E-state index contributed by atoms with van der Waals surface area (Å²) in [5, 5.41) is 0.454. The van der Waals surface area contributed by atoms with E-state index in [4.69, 9.17) is 40.0 Å². The number of anilines is 1. The van der Waals surface area contributed by atoms with Crippen molar-refractivity contribution in [2.75, 3.05) is 39.4 Å². The number of carbonyl (C=O) groups excluding carboxylic acids is 2. The second kappa shape index (κ2) is 13.6. The molecule has 1 amide bonds. The van der Waals surface area contributed by atoms with Crippen LogP contribution in [-0.4, -0.2) is 52.5 Å². The first-order valence-corrected chi connectivity index (χ1v) is 13.6. The Balaban J connectivity index is 1.90. The number of halogens is 1. The van der Waals surface area contributed by atoms with Crippen LogP contribution in [0.2, 0.25) is 5.02 Å². The van der Waals surface area contributed by atoms with Crippen LogP contribution in [0.1, 0.15) is 43.1 Å². The summed E-state index contributed by atoms with van der Waals surface area (Å²) in [6, 6.07) is 16.1. The van der Waals surface area contributed by atoms with Gasteiger partial charge >= 0.3 is 5.97 Å². The minimum absolute atomic E-state index is 0.131. The van der Waals surface area contributed by atoms with Gasteiger partial charge in [0.15, 0.2) is 11.5 Å². The van der Waals surface area contributed by atoms with Gasteiger partial charge in [-0.1, -0.05) is 23.7 Å². The highest BCUT2D eigenvalue weighted by Gasteiger charge is 2.39. The van der Waals surface area contributed by atoms with Crippen molar-refractivity contribution in [3.63, 3.8) is 0 Å². The quantitative estimate of drug-likeness (QED) is 0.264. The van der Waals surface area contributed by atoms with Gasteiger partial charge in [-0.15, -0.1) is 0 Å². The molecule has 0 saturated carbocycles. The lowest BCUT2D eigenvalue weighted by Gasteiger charge is -2.26. The zero-order valence-corrected chi connectivity index (χ0v) is 24.5. The lowest BCUT2D eigenvalue weighted by atomic mass is 9.97. The number of hydrogen-bond acceptors (Lipinski definition) is 8. The predicted molar refractivity (Wildman–Crippen MR) is 154 cm³/mol. The molecule has 1 aliphatic rings. The summed E-state index contributed by atoms with van der Waals surface area (Å²) in [6.07, 6.45) is -2.28. The number of amides is 1. The molecule has 9 nitrogen and oxygen atoms in total. The molecule has 0 fully saturated rings. The number of fused-ring (bicyclic) bond motifs is 1. The minimum atomic E-state index is -1.17. The van der Waals surface area contributed by atoms with E-state index in [1.807, 2.05) is 25.1 Å². The largest absolute Gasteiger partial charge is 0.497 e. The molecule has 0 N–H and O–H groups in total. The van der Waals surface area contributed by atoms with Crippen LogP contribution in [0.25, 0.3) is 0 Å². The molecule has 0 aliphatic carbocycles. The summed E-state index contributed by atoms with van der Waals surface area (Å²) >= 11 is 6.50. The Morgan fingerprint density at radius 1 is 0.927 bits per heavy atom. The standard InChI is InChI=1S/C31H34ClNO8/c1-6-39-25-10-8-9-22(30(25)38-5)29-23-15-20(32)12-14-24(23)33(31(35)27(41-29)17-28(34)40-7-2)18-19-11-13-21(36-3)16-26(19)37-4/h8-16,27,29H,6-7,17-18H2,1-5H3. The van der Waals surface area contributed by atoms with Gasteiger partial charge in [0.05, 0.1) is 53.2 Å². The van der Waals surface area contributed by atoms with Crippen LogP contribution in [0.5, 0.6) is 23.0 Å². The first kappa shape index (κ1) is 30.0. The molecular weight excluding hydrogens is 550 g/mol. The number of esters is 1. The van der Waals surface area contributed by atoms with Crippen molar-refractivity contribution < 1.29 is 38.0 Å². The molecule has 4 rings (SSSR count). The van der Waals surface area contributed by atoms with Gasteiger partial charge < -0.3 is 33.3 Å².